The van der Waals surface area contributed by atoms with Crippen molar-refractivity contribution in [2.45, 2.75) is 25.4 Å². The van der Waals surface area contributed by atoms with Crippen molar-refractivity contribution in [3.05, 3.63) is 0 Å². The van der Waals surface area contributed by atoms with Gasteiger partial charge in [0.25, 0.3) is 0 Å². The van der Waals surface area contributed by atoms with E-state index < -0.39 is 42.3 Å². The van der Waals surface area contributed by atoms with E-state index in [0.29, 0.717) is 0 Å². The summed E-state index contributed by atoms with van der Waals surface area (Å²) in [5.74, 6) is -7.07. The number of hydrogen-bond donors (Lipinski definition) is 1. The van der Waals surface area contributed by atoms with E-state index in [2.05, 4.69) is 0 Å². The van der Waals surface area contributed by atoms with E-state index in [4.69, 9.17) is 15.0 Å². The maximum absolute atomic E-state index is 10.1. The monoisotopic (exact) mass is 340 g/mol. The van der Waals surface area contributed by atoms with Gasteiger partial charge < -0.3 is 44.7 Å². The number of carboxylic acid groups (broad SMARTS) is 4. The van der Waals surface area contributed by atoms with Gasteiger partial charge in [0.05, 0.1) is 5.97 Å². The molecule has 13 heteroatoms. The van der Waals surface area contributed by atoms with Crippen molar-refractivity contribution in [2.75, 3.05) is 0 Å². The largest absolute Gasteiger partial charge is 1.00 e. The summed E-state index contributed by atoms with van der Waals surface area (Å²) in [6.45, 7) is 0.972. The fourth-order valence-corrected chi connectivity index (χ4v) is 0.684. The summed E-state index contributed by atoms with van der Waals surface area (Å²) >= 11 is 0. The first-order valence-corrected chi connectivity index (χ1v) is 4.02. The summed E-state index contributed by atoms with van der Waals surface area (Å²) in [5.41, 5.74) is -2.97. The number of rotatable bonds is 5. The molecule has 0 radical (unpaired) electrons. The summed E-state index contributed by atoms with van der Waals surface area (Å²) in [4.78, 5) is 38.9. The van der Waals surface area contributed by atoms with Crippen LogP contribution in [0.5, 0.6) is 0 Å². The summed E-state index contributed by atoms with van der Waals surface area (Å²) in [7, 11) is 0. The summed E-state index contributed by atoms with van der Waals surface area (Å²) in [6.07, 6.45) is -2.72. The zero-order valence-corrected chi connectivity index (χ0v) is 20.6. The van der Waals surface area contributed by atoms with Gasteiger partial charge in [0.2, 0.25) is 0 Å². The van der Waals surface area contributed by atoms with Crippen LogP contribution >= 0.6 is 0 Å². The Kier molecular flexibility index (Phi) is 36.4. The van der Waals surface area contributed by atoms with Gasteiger partial charge in [-0.25, -0.2) is 0 Å². The van der Waals surface area contributed by atoms with Gasteiger partial charge in [0, 0.05) is 30.7 Å². The normalized spacial score (nSPS) is 7.90. The molecule has 0 fully saturated rings. The molecular formula is C8H8Na4O9. The van der Waals surface area contributed by atoms with E-state index in [1.165, 1.54) is 0 Å². The SMILES string of the molecule is CC(=O)[O-].O=C([O-])CC(O)(CC(=O)[O-])C(=O)[O-].[Na+].[Na+].[Na+].[Na+]. The Labute approximate surface area is 209 Å². The molecule has 0 aliphatic rings. The Morgan fingerprint density at radius 3 is 1.10 bits per heavy atom. The Morgan fingerprint density at radius 1 is 0.810 bits per heavy atom. The summed E-state index contributed by atoms with van der Waals surface area (Å²) in [6, 6.07) is 0. The van der Waals surface area contributed by atoms with Gasteiger partial charge in [-0.2, -0.15) is 0 Å². The molecule has 0 spiro atoms. The fourth-order valence-electron chi connectivity index (χ4n) is 0.684. The van der Waals surface area contributed by atoms with E-state index in [1.54, 1.807) is 0 Å². The molecule has 0 aromatic heterocycles. The molecule has 0 amide bonds. The number of carboxylic acids is 4. The van der Waals surface area contributed by atoms with Crippen molar-refractivity contribution < 1.29 is 163 Å². The number of aliphatic carboxylic acids is 4. The second-order valence-electron chi connectivity index (χ2n) is 2.91. The molecule has 0 aliphatic heterocycles. The van der Waals surface area contributed by atoms with Crippen LogP contribution in [-0.4, -0.2) is 34.6 Å². The predicted octanol–water partition coefficient (Wildman–Crippen LogP) is -18.5. The molecular weight excluding hydrogens is 332 g/mol. The fraction of sp³-hybridized carbons (Fsp3) is 0.500. The number of hydrogen-bond acceptors (Lipinski definition) is 9. The molecule has 0 unspecified atom stereocenters. The first-order valence-electron chi connectivity index (χ1n) is 4.02. The Bertz CT molecular complexity index is 314. The quantitative estimate of drug-likeness (QED) is 0.475. The van der Waals surface area contributed by atoms with Crippen molar-refractivity contribution in [3.8, 4) is 0 Å². The molecule has 98 valence electrons. The van der Waals surface area contributed by atoms with E-state index >= 15 is 0 Å². The number of carbonyl (C=O) groups excluding carboxylic acids is 4. The van der Waals surface area contributed by atoms with E-state index in [0.717, 1.165) is 6.92 Å². The van der Waals surface area contributed by atoms with Crippen LogP contribution < -0.4 is 139 Å². The number of carbonyl (C=O) groups is 4. The average molecular weight is 340 g/mol. The van der Waals surface area contributed by atoms with Gasteiger partial charge in [-0.3, -0.25) is 0 Å². The molecule has 0 heterocycles. The molecule has 0 aliphatic carbocycles. The van der Waals surface area contributed by atoms with Crippen LogP contribution in [0.2, 0.25) is 0 Å². The second kappa shape index (κ2) is 19.9. The molecule has 9 nitrogen and oxygen atoms in total. The standard InChI is InChI=1S/C6H8O7.C2H4O2.4Na/c7-3(8)1-6(13,5(11)12)2-4(9)10;1-2(3)4;;;;/h13H,1-2H2,(H,7,8)(H,9,10)(H,11,12);1H3,(H,3,4);;;;/q;;4*+1/p-4. The van der Waals surface area contributed by atoms with Crippen LogP contribution in [-0.2, 0) is 19.2 Å². The molecule has 0 saturated carbocycles. The Morgan fingerprint density at radius 2 is 1.00 bits per heavy atom. The van der Waals surface area contributed by atoms with E-state index in [9.17, 15) is 29.7 Å². The van der Waals surface area contributed by atoms with Crippen molar-refractivity contribution in [1.29, 1.82) is 0 Å². The summed E-state index contributed by atoms with van der Waals surface area (Å²) < 4.78 is 0. The maximum Gasteiger partial charge on any atom is 1.00 e. The molecule has 0 rings (SSSR count). The maximum atomic E-state index is 10.1. The zero-order chi connectivity index (χ0) is 14.2. The van der Waals surface area contributed by atoms with Crippen LogP contribution in [0, 0.1) is 0 Å². The first-order chi connectivity index (χ1) is 7.51. The third-order valence-corrected chi connectivity index (χ3v) is 1.25. The van der Waals surface area contributed by atoms with Crippen LogP contribution in [0.25, 0.3) is 0 Å². The van der Waals surface area contributed by atoms with E-state index in [-0.39, 0.29) is 118 Å². The smallest absolute Gasteiger partial charge is 0.550 e. The van der Waals surface area contributed by atoms with Gasteiger partial charge in [-0.1, -0.05) is 0 Å². The van der Waals surface area contributed by atoms with Crippen molar-refractivity contribution in [3.63, 3.8) is 0 Å². The average Bonchev–Trinajstić information content (AvgIpc) is 1.98. The second-order valence-corrected chi connectivity index (χ2v) is 2.91. The van der Waals surface area contributed by atoms with Crippen LogP contribution in [0.15, 0.2) is 0 Å². The number of aliphatic hydroxyl groups is 1. The molecule has 1 N–H and O–H groups in total. The topological polar surface area (TPSA) is 181 Å². The minimum absolute atomic E-state index is 0. The first kappa shape index (κ1) is 38.4. The predicted molar refractivity (Wildman–Crippen MR) is 39.9 cm³/mol. The van der Waals surface area contributed by atoms with Gasteiger partial charge in [-0.15, -0.1) is 0 Å². The van der Waals surface area contributed by atoms with Crippen LogP contribution in [0.1, 0.15) is 19.8 Å². The van der Waals surface area contributed by atoms with Gasteiger partial charge in [0.15, 0.2) is 0 Å². The molecule has 0 aromatic rings. The van der Waals surface area contributed by atoms with Crippen LogP contribution in [0.3, 0.4) is 0 Å². The Balaban J connectivity index is -0.0000000629. The van der Waals surface area contributed by atoms with Crippen molar-refractivity contribution >= 4 is 23.9 Å². The molecule has 0 bridgehead atoms. The van der Waals surface area contributed by atoms with E-state index in [1.807, 2.05) is 0 Å². The van der Waals surface area contributed by atoms with Crippen molar-refractivity contribution in [2.24, 2.45) is 0 Å². The third-order valence-electron chi connectivity index (χ3n) is 1.25. The minimum Gasteiger partial charge on any atom is -0.550 e. The zero-order valence-electron chi connectivity index (χ0n) is 12.6. The van der Waals surface area contributed by atoms with Crippen molar-refractivity contribution in [1.82, 2.24) is 0 Å². The van der Waals surface area contributed by atoms with Gasteiger partial charge in [-0.05, 0) is 6.92 Å². The minimum atomic E-state index is -2.97. The molecule has 21 heavy (non-hydrogen) atoms. The Hall–Kier alpha value is 1.84. The van der Waals surface area contributed by atoms with Gasteiger partial charge in [0.1, 0.15) is 5.60 Å². The third kappa shape index (κ3) is 27.0. The van der Waals surface area contributed by atoms with Gasteiger partial charge >= 0.3 is 118 Å². The summed E-state index contributed by atoms with van der Waals surface area (Å²) in [5, 5.41) is 47.8. The molecule has 0 aromatic carbocycles. The molecule has 0 saturated heterocycles. The van der Waals surface area contributed by atoms with Crippen LogP contribution in [0.4, 0.5) is 0 Å². The molecule has 0 atom stereocenters.